The van der Waals surface area contributed by atoms with Crippen LogP contribution < -0.4 is 15.4 Å². The van der Waals surface area contributed by atoms with Crippen molar-refractivity contribution in [1.82, 2.24) is 10.3 Å². The molecular weight excluding hydrogens is 330 g/mol. The molecule has 1 aromatic heterocycles. The lowest BCUT2D eigenvalue weighted by Crippen LogP contribution is -2.28. The molecule has 0 fully saturated rings. The van der Waals surface area contributed by atoms with Crippen LogP contribution in [-0.4, -0.2) is 32.3 Å². The lowest BCUT2D eigenvalue weighted by atomic mass is 10.2. The van der Waals surface area contributed by atoms with Gasteiger partial charge in [-0.3, -0.25) is 0 Å². The zero-order valence-electron chi connectivity index (χ0n) is 13.4. The van der Waals surface area contributed by atoms with Crippen molar-refractivity contribution in [3.05, 3.63) is 48.2 Å². The molecule has 0 saturated carbocycles. The molecule has 2 amide bonds. The minimum absolute atomic E-state index is 0.243. The van der Waals surface area contributed by atoms with Gasteiger partial charge in [0.1, 0.15) is 5.69 Å². The predicted octanol–water partition coefficient (Wildman–Crippen LogP) is 2.21. The third-order valence-corrected chi connectivity index (χ3v) is 4.23. The lowest BCUT2D eigenvalue weighted by molar-refractivity contribution is 0.251. The van der Waals surface area contributed by atoms with Gasteiger partial charge in [-0.15, -0.1) is 0 Å². The van der Waals surface area contributed by atoms with Crippen molar-refractivity contribution in [2.45, 2.75) is 18.4 Å². The average Bonchev–Trinajstić information content (AvgIpc) is 2.55. The Morgan fingerprint density at radius 1 is 1.21 bits per heavy atom. The first-order valence-corrected chi connectivity index (χ1v) is 9.21. The summed E-state index contributed by atoms with van der Waals surface area (Å²) in [5.41, 5.74) is 1.26. The summed E-state index contributed by atoms with van der Waals surface area (Å²) in [6.45, 7) is 2.54. The zero-order chi connectivity index (χ0) is 17.6. The van der Waals surface area contributed by atoms with E-state index in [0.29, 0.717) is 18.2 Å². The molecule has 2 N–H and O–H groups in total. The number of amides is 2. The Morgan fingerprint density at radius 3 is 2.54 bits per heavy atom. The van der Waals surface area contributed by atoms with Crippen molar-refractivity contribution in [2.75, 3.05) is 18.2 Å². The van der Waals surface area contributed by atoms with E-state index in [0.717, 1.165) is 11.8 Å². The van der Waals surface area contributed by atoms with Gasteiger partial charge in [0, 0.05) is 19.0 Å². The molecule has 0 spiro atoms. The summed E-state index contributed by atoms with van der Waals surface area (Å²) in [4.78, 5) is 16.3. The molecule has 0 radical (unpaired) electrons. The minimum atomic E-state index is -3.22. The number of hydrogen-bond acceptors (Lipinski definition) is 5. The number of carbonyl (C=O) groups excluding carboxylic acids is 1. The standard InChI is InChI=1S/C16H19N3O4S/c1-3-23-15-14(5-4-10-17-15)19-16(20)18-11-12-6-8-13(9-7-12)24(2,21)22/h4-10H,3,11H2,1-2H3,(H2,18,19,20). The van der Waals surface area contributed by atoms with Gasteiger partial charge in [-0.1, -0.05) is 12.1 Å². The van der Waals surface area contributed by atoms with Gasteiger partial charge in [0.2, 0.25) is 5.88 Å². The number of anilines is 1. The van der Waals surface area contributed by atoms with Gasteiger partial charge in [-0.25, -0.2) is 18.2 Å². The second kappa shape index (κ2) is 7.78. The van der Waals surface area contributed by atoms with Crippen LogP contribution in [0, 0.1) is 0 Å². The maximum atomic E-state index is 12.0. The summed E-state index contributed by atoms with van der Waals surface area (Å²) in [7, 11) is -3.22. The third kappa shape index (κ3) is 4.95. The van der Waals surface area contributed by atoms with E-state index in [1.165, 1.54) is 12.1 Å². The second-order valence-electron chi connectivity index (χ2n) is 5.01. The van der Waals surface area contributed by atoms with Crippen LogP contribution in [-0.2, 0) is 16.4 Å². The van der Waals surface area contributed by atoms with Gasteiger partial charge < -0.3 is 15.4 Å². The highest BCUT2D eigenvalue weighted by molar-refractivity contribution is 7.90. The molecule has 0 saturated heterocycles. The number of carbonyl (C=O) groups is 1. The number of pyridine rings is 1. The molecule has 0 aliphatic carbocycles. The Kier molecular flexibility index (Phi) is 5.75. The van der Waals surface area contributed by atoms with Crippen LogP contribution in [0.2, 0.25) is 0 Å². The zero-order valence-corrected chi connectivity index (χ0v) is 14.3. The predicted molar refractivity (Wildman–Crippen MR) is 90.8 cm³/mol. The largest absolute Gasteiger partial charge is 0.476 e. The van der Waals surface area contributed by atoms with Gasteiger partial charge in [-0.2, -0.15) is 0 Å². The summed E-state index contributed by atoms with van der Waals surface area (Å²) in [6.07, 6.45) is 2.73. The summed E-state index contributed by atoms with van der Waals surface area (Å²) in [5.74, 6) is 0.354. The number of hydrogen-bond donors (Lipinski definition) is 2. The van der Waals surface area contributed by atoms with Crippen molar-refractivity contribution >= 4 is 21.6 Å². The topological polar surface area (TPSA) is 97.4 Å². The van der Waals surface area contributed by atoms with Gasteiger partial charge in [0.25, 0.3) is 0 Å². The fourth-order valence-electron chi connectivity index (χ4n) is 1.94. The van der Waals surface area contributed by atoms with Crippen LogP contribution in [0.5, 0.6) is 5.88 Å². The van der Waals surface area contributed by atoms with Crippen LogP contribution in [0.3, 0.4) is 0 Å². The molecule has 0 unspecified atom stereocenters. The van der Waals surface area contributed by atoms with Crippen molar-refractivity contribution < 1.29 is 17.9 Å². The van der Waals surface area contributed by atoms with Gasteiger partial charge in [0.15, 0.2) is 9.84 Å². The lowest BCUT2D eigenvalue weighted by Gasteiger charge is -2.11. The normalized spacial score (nSPS) is 10.9. The summed E-state index contributed by atoms with van der Waals surface area (Å²) < 4.78 is 28.1. The van der Waals surface area contributed by atoms with Gasteiger partial charge in [0.05, 0.1) is 11.5 Å². The fourth-order valence-corrected chi connectivity index (χ4v) is 2.57. The van der Waals surface area contributed by atoms with E-state index in [1.807, 2.05) is 6.92 Å². The monoisotopic (exact) mass is 349 g/mol. The number of aromatic nitrogens is 1. The van der Waals surface area contributed by atoms with E-state index in [4.69, 9.17) is 4.74 Å². The molecule has 8 heteroatoms. The molecule has 2 rings (SSSR count). The Balaban J connectivity index is 1.94. The number of nitrogens with one attached hydrogen (secondary N) is 2. The quantitative estimate of drug-likeness (QED) is 0.833. The number of sulfone groups is 1. The fraction of sp³-hybridized carbons (Fsp3) is 0.250. The van der Waals surface area contributed by atoms with Crippen LogP contribution in [0.25, 0.3) is 0 Å². The first-order chi connectivity index (χ1) is 11.4. The van der Waals surface area contributed by atoms with E-state index < -0.39 is 15.9 Å². The molecule has 1 heterocycles. The van der Waals surface area contributed by atoms with Crippen molar-refractivity contribution in [1.29, 1.82) is 0 Å². The van der Waals surface area contributed by atoms with Crippen molar-refractivity contribution in [2.24, 2.45) is 0 Å². The second-order valence-corrected chi connectivity index (χ2v) is 7.03. The highest BCUT2D eigenvalue weighted by Gasteiger charge is 2.09. The molecular formula is C16H19N3O4S. The van der Waals surface area contributed by atoms with E-state index in [1.54, 1.807) is 30.5 Å². The van der Waals surface area contributed by atoms with E-state index in [2.05, 4.69) is 15.6 Å². The molecule has 0 aliphatic rings. The van der Waals surface area contributed by atoms with Crippen LogP contribution >= 0.6 is 0 Å². The maximum absolute atomic E-state index is 12.0. The van der Waals surface area contributed by atoms with E-state index >= 15 is 0 Å². The third-order valence-electron chi connectivity index (χ3n) is 3.10. The first kappa shape index (κ1) is 17.7. The molecule has 0 bridgehead atoms. The molecule has 7 nitrogen and oxygen atoms in total. The molecule has 24 heavy (non-hydrogen) atoms. The van der Waals surface area contributed by atoms with E-state index in [-0.39, 0.29) is 11.4 Å². The highest BCUT2D eigenvalue weighted by Crippen LogP contribution is 2.20. The highest BCUT2D eigenvalue weighted by atomic mass is 32.2. The molecule has 0 aliphatic heterocycles. The Labute approximate surface area is 141 Å². The number of ether oxygens (including phenoxy) is 1. The molecule has 0 atom stereocenters. The Hall–Kier alpha value is -2.61. The van der Waals surface area contributed by atoms with Gasteiger partial charge >= 0.3 is 6.03 Å². The van der Waals surface area contributed by atoms with Crippen LogP contribution in [0.4, 0.5) is 10.5 Å². The first-order valence-electron chi connectivity index (χ1n) is 7.32. The van der Waals surface area contributed by atoms with Gasteiger partial charge in [-0.05, 0) is 36.8 Å². The Morgan fingerprint density at radius 2 is 1.92 bits per heavy atom. The van der Waals surface area contributed by atoms with Crippen molar-refractivity contribution in [3.63, 3.8) is 0 Å². The smallest absolute Gasteiger partial charge is 0.319 e. The number of nitrogens with zero attached hydrogens (tertiary/aromatic N) is 1. The Bertz CT molecular complexity index is 804. The molecule has 128 valence electrons. The summed E-state index contributed by atoms with van der Waals surface area (Å²) >= 11 is 0. The maximum Gasteiger partial charge on any atom is 0.319 e. The molecule has 1 aromatic carbocycles. The van der Waals surface area contributed by atoms with Crippen LogP contribution in [0.1, 0.15) is 12.5 Å². The number of rotatable bonds is 6. The number of benzene rings is 1. The number of urea groups is 1. The van der Waals surface area contributed by atoms with E-state index in [9.17, 15) is 13.2 Å². The molecule has 2 aromatic rings. The minimum Gasteiger partial charge on any atom is -0.476 e. The average molecular weight is 349 g/mol. The van der Waals surface area contributed by atoms with Crippen molar-refractivity contribution in [3.8, 4) is 5.88 Å². The van der Waals surface area contributed by atoms with Crippen LogP contribution in [0.15, 0.2) is 47.5 Å². The SMILES string of the molecule is CCOc1ncccc1NC(=O)NCc1ccc(S(C)(=O)=O)cc1. The summed E-state index contributed by atoms with van der Waals surface area (Å²) in [6, 6.07) is 9.33. The summed E-state index contributed by atoms with van der Waals surface area (Å²) in [5, 5.41) is 5.36.